The molecule has 1 aromatic heterocycles. The highest BCUT2D eigenvalue weighted by atomic mass is 32.1. The number of carbonyl (C=O) groups is 1. The number of hydrogen-bond donors (Lipinski definition) is 1. The van der Waals surface area contributed by atoms with Crippen molar-refractivity contribution in [2.45, 2.75) is 32.4 Å². The van der Waals surface area contributed by atoms with Crippen LogP contribution in [-0.4, -0.2) is 33.3 Å². The number of likely N-dealkylation sites (tertiary alicyclic amines) is 1. The van der Waals surface area contributed by atoms with Gasteiger partial charge in [0.25, 0.3) is 5.69 Å². The summed E-state index contributed by atoms with van der Waals surface area (Å²) in [5.41, 5.74) is 1.67. The van der Waals surface area contributed by atoms with Crippen LogP contribution in [0.15, 0.2) is 29.8 Å². The molecule has 0 aliphatic carbocycles. The molecule has 0 bridgehead atoms. The first-order valence-electron chi connectivity index (χ1n) is 7.73. The molecule has 2 aromatic rings. The Kier molecular flexibility index (Phi) is 4.86. The molecule has 3 rings (SSSR count). The molecule has 1 aliphatic rings. The van der Waals surface area contributed by atoms with E-state index in [4.69, 9.17) is 0 Å². The third kappa shape index (κ3) is 3.44. The molecule has 7 nitrogen and oxygen atoms in total. The Morgan fingerprint density at radius 2 is 2.38 bits per heavy atom. The Balaban J connectivity index is 1.73. The number of aromatic nitrogens is 1. The summed E-state index contributed by atoms with van der Waals surface area (Å²) in [6, 6.07) is 4.86. The molecule has 1 aliphatic heterocycles. The van der Waals surface area contributed by atoms with Crippen molar-refractivity contribution < 1.29 is 9.72 Å². The lowest BCUT2D eigenvalue weighted by molar-refractivity contribution is -0.385. The van der Waals surface area contributed by atoms with Gasteiger partial charge in [-0.3, -0.25) is 19.8 Å². The van der Waals surface area contributed by atoms with Crippen molar-refractivity contribution in [1.82, 2.24) is 9.88 Å². The molecule has 1 saturated heterocycles. The first kappa shape index (κ1) is 16.5. The summed E-state index contributed by atoms with van der Waals surface area (Å²) >= 11 is 1.39. The molecule has 126 valence electrons. The largest absolute Gasteiger partial charge is 0.301 e. The second kappa shape index (κ2) is 7.06. The Hall–Kier alpha value is -2.32. The first-order valence-corrected chi connectivity index (χ1v) is 8.61. The molecule has 2 heterocycles. The molecular formula is C16H18N4O3S. The fraction of sp³-hybridized carbons (Fsp3) is 0.375. The number of thiazole rings is 1. The topological polar surface area (TPSA) is 88.4 Å². The van der Waals surface area contributed by atoms with E-state index >= 15 is 0 Å². The lowest BCUT2D eigenvalue weighted by Gasteiger charge is -2.24. The minimum absolute atomic E-state index is 0.0643. The second-order valence-electron chi connectivity index (χ2n) is 5.77. The van der Waals surface area contributed by atoms with E-state index in [9.17, 15) is 14.9 Å². The van der Waals surface area contributed by atoms with E-state index in [0.29, 0.717) is 17.2 Å². The second-order valence-corrected chi connectivity index (χ2v) is 6.67. The van der Waals surface area contributed by atoms with E-state index in [0.717, 1.165) is 24.9 Å². The highest BCUT2D eigenvalue weighted by molar-refractivity contribution is 7.13. The van der Waals surface area contributed by atoms with Gasteiger partial charge in [0.15, 0.2) is 5.13 Å². The van der Waals surface area contributed by atoms with E-state index in [-0.39, 0.29) is 22.6 Å². The smallest absolute Gasteiger partial charge is 0.272 e. The number of nitro groups is 1. The number of benzene rings is 1. The lowest BCUT2D eigenvalue weighted by atomic mass is 10.1. The summed E-state index contributed by atoms with van der Waals surface area (Å²) in [6.45, 7) is 3.09. The van der Waals surface area contributed by atoms with Gasteiger partial charge < -0.3 is 5.32 Å². The molecule has 24 heavy (non-hydrogen) atoms. The van der Waals surface area contributed by atoms with Crippen LogP contribution in [0.3, 0.4) is 0 Å². The minimum atomic E-state index is -0.366. The SMILES string of the molecule is Cc1c(CN2CCCC2C(=O)Nc2nccs2)cccc1[N+](=O)[O-]. The molecule has 1 N–H and O–H groups in total. The third-order valence-electron chi connectivity index (χ3n) is 4.32. The number of rotatable bonds is 5. The summed E-state index contributed by atoms with van der Waals surface area (Å²) in [4.78, 5) is 29.4. The fourth-order valence-electron chi connectivity index (χ4n) is 3.04. The van der Waals surface area contributed by atoms with Gasteiger partial charge in [-0.25, -0.2) is 4.98 Å². The van der Waals surface area contributed by atoms with Gasteiger partial charge in [0.2, 0.25) is 5.91 Å². The van der Waals surface area contributed by atoms with Crippen LogP contribution in [0.2, 0.25) is 0 Å². The summed E-state index contributed by atoms with van der Waals surface area (Å²) < 4.78 is 0. The van der Waals surface area contributed by atoms with E-state index < -0.39 is 0 Å². The van der Waals surface area contributed by atoms with E-state index in [2.05, 4.69) is 15.2 Å². The van der Waals surface area contributed by atoms with E-state index in [1.165, 1.54) is 17.4 Å². The zero-order chi connectivity index (χ0) is 17.1. The van der Waals surface area contributed by atoms with Gasteiger partial charge >= 0.3 is 0 Å². The van der Waals surface area contributed by atoms with E-state index in [1.54, 1.807) is 19.2 Å². The van der Waals surface area contributed by atoms with Crippen molar-refractivity contribution in [2.75, 3.05) is 11.9 Å². The van der Waals surface area contributed by atoms with Gasteiger partial charge in [-0.1, -0.05) is 12.1 Å². The Morgan fingerprint density at radius 1 is 1.54 bits per heavy atom. The average Bonchev–Trinajstić information content (AvgIpc) is 3.20. The van der Waals surface area contributed by atoms with Crippen molar-refractivity contribution in [3.05, 3.63) is 51.0 Å². The normalized spacial score (nSPS) is 17.8. The predicted octanol–water partition coefficient (Wildman–Crippen LogP) is 2.96. The number of nitrogens with zero attached hydrogens (tertiary/aromatic N) is 3. The number of anilines is 1. The minimum Gasteiger partial charge on any atom is -0.301 e. The molecule has 1 atom stereocenters. The first-order chi connectivity index (χ1) is 11.6. The Bertz CT molecular complexity index is 748. The highest BCUT2D eigenvalue weighted by Crippen LogP contribution is 2.26. The number of carbonyl (C=O) groups excluding carboxylic acids is 1. The van der Waals surface area contributed by atoms with Gasteiger partial charge in [0, 0.05) is 29.8 Å². The zero-order valence-electron chi connectivity index (χ0n) is 13.3. The van der Waals surface area contributed by atoms with Crippen molar-refractivity contribution in [3.8, 4) is 0 Å². The Morgan fingerprint density at radius 3 is 3.08 bits per heavy atom. The monoisotopic (exact) mass is 346 g/mol. The van der Waals surface area contributed by atoms with Crippen LogP contribution in [-0.2, 0) is 11.3 Å². The average molecular weight is 346 g/mol. The molecule has 1 unspecified atom stereocenters. The number of nitro benzene ring substituents is 1. The lowest BCUT2D eigenvalue weighted by Crippen LogP contribution is -2.39. The number of hydrogen-bond acceptors (Lipinski definition) is 6. The zero-order valence-corrected chi connectivity index (χ0v) is 14.1. The van der Waals surface area contributed by atoms with E-state index in [1.807, 2.05) is 11.4 Å². The van der Waals surface area contributed by atoms with Crippen LogP contribution in [0, 0.1) is 17.0 Å². The number of nitrogens with one attached hydrogen (secondary N) is 1. The van der Waals surface area contributed by atoms with Crippen LogP contribution in [0.4, 0.5) is 10.8 Å². The van der Waals surface area contributed by atoms with Crippen molar-refractivity contribution in [1.29, 1.82) is 0 Å². The quantitative estimate of drug-likeness (QED) is 0.664. The molecule has 8 heteroatoms. The van der Waals surface area contributed by atoms with Crippen LogP contribution in [0.1, 0.15) is 24.0 Å². The summed E-state index contributed by atoms with van der Waals surface area (Å²) in [6.07, 6.45) is 3.37. The Labute approximate surface area is 143 Å². The standard InChI is InChI=1S/C16H18N4O3S/c1-11-12(4-2-5-13(11)20(22)23)10-19-8-3-6-14(19)15(21)18-16-17-7-9-24-16/h2,4-5,7,9,14H,3,6,8,10H2,1H3,(H,17,18,21). The fourth-order valence-corrected chi connectivity index (χ4v) is 3.58. The van der Waals surface area contributed by atoms with Crippen molar-refractivity contribution in [2.24, 2.45) is 0 Å². The maximum absolute atomic E-state index is 12.5. The maximum Gasteiger partial charge on any atom is 0.272 e. The summed E-state index contributed by atoms with van der Waals surface area (Å²) in [5.74, 6) is -0.0643. The molecule has 1 amide bonds. The van der Waals surface area contributed by atoms with Gasteiger partial charge in [-0.2, -0.15) is 0 Å². The maximum atomic E-state index is 12.5. The van der Waals surface area contributed by atoms with Crippen molar-refractivity contribution >= 4 is 28.1 Å². The molecule has 0 spiro atoms. The van der Waals surface area contributed by atoms with Gasteiger partial charge in [-0.05, 0) is 31.9 Å². The number of amides is 1. The van der Waals surface area contributed by atoms with Crippen molar-refractivity contribution in [3.63, 3.8) is 0 Å². The van der Waals surface area contributed by atoms with Crippen LogP contribution in [0.5, 0.6) is 0 Å². The van der Waals surface area contributed by atoms with Crippen LogP contribution in [0.25, 0.3) is 0 Å². The molecule has 0 radical (unpaired) electrons. The van der Waals surface area contributed by atoms with Gasteiger partial charge in [-0.15, -0.1) is 11.3 Å². The van der Waals surface area contributed by atoms with Crippen LogP contribution >= 0.6 is 11.3 Å². The van der Waals surface area contributed by atoms with Gasteiger partial charge in [0.1, 0.15) is 0 Å². The highest BCUT2D eigenvalue weighted by Gasteiger charge is 2.31. The summed E-state index contributed by atoms with van der Waals surface area (Å²) in [7, 11) is 0. The van der Waals surface area contributed by atoms with Gasteiger partial charge in [0.05, 0.1) is 11.0 Å². The van der Waals surface area contributed by atoms with Crippen LogP contribution < -0.4 is 5.32 Å². The molecule has 1 aromatic carbocycles. The summed E-state index contributed by atoms with van der Waals surface area (Å²) in [5, 5.41) is 16.3. The molecule has 1 fully saturated rings. The third-order valence-corrected chi connectivity index (χ3v) is 5.00. The predicted molar refractivity (Wildman–Crippen MR) is 92.0 cm³/mol. The molecular weight excluding hydrogens is 328 g/mol. The molecule has 0 saturated carbocycles.